The Morgan fingerprint density at radius 3 is 1.00 bits per heavy atom. The molecule has 0 nitrogen and oxygen atoms in total. The minimum absolute atomic E-state index is 2.19. The van der Waals surface area contributed by atoms with Crippen LogP contribution < -0.4 is 0 Å². The van der Waals surface area contributed by atoms with E-state index in [0.29, 0.717) is 0 Å². The summed E-state index contributed by atoms with van der Waals surface area (Å²) < 4.78 is 211. The Hall–Kier alpha value is -1.45. The van der Waals surface area contributed by atoms with Crippen molar-refractivity contribution in [3.05, 3.63) is 12.2 Å². The highest BCUT2D eigenvalue weighted by Gasteiger charge is 2.93. The van der Waals surface area contributed by atoms with Crippen molar-refractivity contribution >= 4 is 0 Å². The lowest BCUT2D eigenvalue weighted by Crippen LogP contribution is -2.72. The van der Waals surface area contributed by atoms with E-state index in [1.807, 2.05) is 0 Å². The van der Waals surface area contributed by atoms with Crippen LogP contribution in [0.25, 0.3) is 0 Å². The maximum atomic E-state index is 12.9. The third-order valence-electron chi connectivity index (χ3n) is 2.72. The van der Waals surface area contributed by atoms with E-state index in [1.54, 1.807) is 0 Å². The van der Waals surface area contributed by atoms with Gasteiger partial charge in [0, 0.05) is 0 Å². The SMILES string of the molecule is FC=C(F)C(F)(F)C(F)(F)C(F)(F)C(F)(F)C(F)(F)C(F)(F)C(F)(F)F. The summed E-state index contributed by atoms with van der Waals surface area (Å²) in [6, 6.07) is 0. The Kier molecular flexibility index (Phi) is 5.70. The van der Waals surface area contributed by atoms with E-state index >= 15 is 0 Å². The summed E-state index contributed by atoms with van der Waals surface area (Å²) in [5, 5.41) is 0. The molecule has 156 valence electrons. The Morgan fingerprint density at radius 1 is 0.462 bits per heavy atom. The molecule has 0 aliphatic heterocycles. The smallest absolute Gasteiger partial charge is 0.212 e. The molecule has 0 aromatic heterocycles. The molecule has 0 saturated carbocycles. The summed E-state index contributed by atoms with van der Waals surface area (Å²) in [6.07, 6.45) is -9.91. The van der Waals surface area contributed by atoms with E-state index in [0.717, 1.165) is 0 Å². The normalized spacial score (nSPS) is 16.9. The Morgan fingerprint density at radius 2 is 0.731 bits per heavy atom. The maximum absolute atomic E-state index is 12.9. The molecule has 0 N–H and O–H groups in total. The quantitative estimate of drug-likeness (QED) is 0.443. The van der Waals surface area contributed by atoms with E-state index in [4.69, 9.17) is 0 Å². The number of halogens is 17. The van der Waals surface area contributed by atoms with Crippen molar-refractivity contribution in [2.75, 3.05) is 0 Å². The molecule has 0 amide bonds. The van der Waals surface area contributed by atoms with Gasteiger partial charge in [0.1, 0.15) is 6.33 Å². The van der Waals surface area contributed by atoms with Crippen molar-refractivity contribution < 1.29 is 74.6 Å². The van der Waals surface area contributed by atoms with Gasteiger partial charge < -0.3 is 0 Å². The Balaban J connectivity index is 6.61. The number of hydrogen-bond donors (Lipinski definition) is 0. The van der Waals surface area contributed by atoms with Gasteiger partial charge in [-0.1, -0.05) is 0 Å². The first-order valence-corrected chi connectivity index (χ1v) is 5.28. The molecule has 0 aliphatic carbocycles. The van der Waals surface area contributed by atoms with Crippen LogP contribution in [0.2, 0.25) is 0 Å². The second-order valence-electron chi connectivity index (χ2n) is 4.40. The molecule has 0 fully saturated rings. The second kappa shape index (κ2) is 6.03. The predicted molar refractivity (Wildman–Crippen MR) is 46.0 cm³/mol. The van der Waals surface area contributed by atoms with Crippen molar-refractivity contribution in [3.8, 4) is 0 Å². The molecular weight excluding hydrogens is 431 g/mol. The zero-order valence-corrected chi connectivity index (χ0v) is 11.0. The standard InChI is InChI=1S/C9HF17/c10-1-2(11)3(12,13)4(14,15)5(16,17)6(18,19)7(20,21)8(22,23)9(24,25)26/h1H. The lowest BCUT2D eigenvalue weighted by atomic mass is 9.91. The summed E-state index contributed by atoms with van der Waals surface area (Å²) in [5.74, 6) is -53.1. The monoisotopic (exact) mass is 432 g/mol. The highest BCUT2D eigenvalue weighted by Crippen LogP contribution is 2.63. The number of alkyl halides is 15. The van der Waals surface area contributed by atoms with Crippen molar-refractivity contribution in [1.82, 2.24) is 0 Å². The van der Waals surface area contributed by atoms with Crippen LogP contribution in [0.3, 0.4) is 0 Å². The summed E-state index contributed by atoms with van der Waals surface area (Å²) in [5.41, 5.74) is 0. The highest BCUT2D eigenvalue weighted by molar-refractivity contribution is 5.18. The van der Waals surface area contributed by atoms with Crippen LogP contribution in [0.1, 0.15) is 0 Å². The van der Waals surface area contributed by atoms with E-state index in [2.05, 4.69) is 0 Å². The summed E-state index contributed by atoms with van der Waals surface area (Å²) >= 11 is 0. The molecule has 0 radical (unpaired) electrons. The van der Waals surface area contributed by atoms with Crippen LogP contribution in [-0.2, 0) is 0 Å². The van der Waals surface area contributed by atoms with Gasteiger partial charge in [0.15, 0.2) is 0 Å². The minimum atomic E-state index is -8.53. The highest BCUT2D eigenvalue weighted by atomic mass is 19.4. The van der Waals surface area contributed by atoms with Gasteiger partial charge >= 0.3 is 41.7 Å². The fourth-order valence-corrected chi connectivity index (χ4v) is 1.19. The van der Waals surface area contributed by atoms with Gasteiger partial charge in [-0.05, 0) is 0 Å². The number of rotatable bonds is 6. The van der Waals surface area contributed by atoms with Gasteiger partial charge in [0.25, 0.3) is 0 Å². The molecule has 17 heteroatoms. The average Bonchev–Trinajstić information content (AvgIpc) is 2.43. The summed E-state index contributed by atoms with van der Waals surface area (Å²) in [4.78, 5) is 0. The average molecular weight is 432 g/mol. The molecule has 0 unspecified atom stereocenters. The predicted octanol–water partition coefficient (Wildman–Crippen LogP) is 6.14. The molecule has 0 saturated heterocycles. The molecule has 0 aromatic carbocycles. The van der Waals surface area contributed by atoms with Crippen LogP contribution in [0.15, 0.2) is 12.2 Å². The van der Waals surface area contributed by atoms with Gasteiger partial charge in [0.2, 0.25) is 5.83 Å². The first-order valence-electron chi connectivity index (χ1n) is 5.28. The van der Waals surface area contributed by atoms with Crippen molar-refractivity contribution in [3.63, 3.8) is 0 Å². The molecule has 0 rings (SSSR count). The minimum Gasteiger partial charge on any atom is -0.212 e. The first-order chi connectivity index (χ1) is 11.0. The van der Waals surface area contributed by atoms with Gasteiger partial charge in [-0.2, -0.15) is 65.9 Å². The van der Waals surface area contributed by atoms with E-state index in [-0.39, 0.29) is 0 Å². The van der Waals surface area contributed by atoms with Crippen LogP contribution in [0, 0.1) is 0 Å². The molecule has 0 spiro atoms. The number of allylic oxidation sites excluding steroid dienone is 1. The number of hydrogen-bond acceptors (Lipinski definition) is 0. The van der Waals surface area contributed by atoms with E-state index < -0.39 is 53.9 Å². The molecular formula is C9HF17. The van der Waals surface area contributed by atoms with Gasteiger partial charge in [0.05, 0.1) is 0 Å². The van der Waals surface area contributed by atoms with Gasteiger partial charge in [-0.25, -0.2) is 8.78 Å². The zero-order valence-electron chi connectivity index (χ0n) is 11.0. The molecule has 0 atom stereocenters. The second-order valence-corrected chi connectivity index (χ2v) is 4.40. The molecule has 0 aromatic rings. The molecule has 0 aliphatic rings. The topological polar surface area (TPSA) is 0 Å². The molecule has 0 bridgehead atoms. The van der Waals surface area contributed by atoms with Gasteiger partial charge in [-0.15, -0.1) is 0 Å². The first kappa shape index (κ1) is 24.6. The Bertz CT molecular complexity index is 549. The Labute approximate surface area is 130 Å². The van der Waals surface area contributed by atoms with Crippen molar-refractivity contribution in [1.29, 1.82) is 0 Å². The van der Waals surface area contributed by atoms with Crippen molar-refractivity contribution in [2.45, 2.75) is 41.7 Å². The van der Waals surface area contributed by atoms with E-state index in [1.165, 1.54) is 0 Å². The summed E-state index contributed by atoms with van der Waals surface area (Å²) in [7, 11) is 0. The fourth-order valence-electron chi connectivity index (χ4n) is 1.19. The largest absolute Gasteiger partial charge is 0.460 e. The molecule has 0 heterocycles. The van der Waals surface area contributed by atoms with E-state index in [9.17, 15) is 74.6 Å². The third-order valence-corrected chi connectivity index (χ3v) is 2.72. The van der Waals surface area contributed by atoms with Crippen LogP contribution in [0.5, 0.6) is 0 Å². The zero-order chi connectivity index (χ0) is 21.8. The van der Waals surface area contributed by atoms with Crippen molar-refractivity contribution in [2.24, 2.45) is 0 Å². The molecule has 26 heavy (non-hydrogen) atoms. The third kappa shape index (κ3) is 2.86. The lowest BCUT2D eigenvalue weighted by molar-refractivity contribution is -0.450. The van der Waals surface area contributed by atoms with Crippen LogP contribution in [-0.4, -0.2) is 41.7 Å². The fraction of sp³-hybridized carbons (Fsp3) is 0.778. The van der Waals surface area contributed by atoms with Crippen LogP contribution >= 0.6 is 0 Å². The maximum Gasteiger partial charge on any atom is 0.460 e. The van der Waals surface area contributed by atoms with Gasteiger partial charge in [-0.3, -0.25) is 0 Å². The lowest BCUT2D eigenvalue weighted by Gasteiger charge is -2.41. The summed E-state index contributed by atoms with van der Waals surface area (Å²) in [6.45, 7) is 0. The van der Waals surface area contributed by atoms with Crippen LogP contribution in [0.4, 0.5) is 74.6 Å².